The Morgan fingerprint density at radius 1 is 0.962 bits per heavy atom. The number of nitrogens with one attached hydrogen (secondary N) is 2. The lowest BCUT2D eigenvalue weighted by Gasteiger charge is -2.09. The summed E-state index contributed by atoms with van der Waals surface area (Å²) < 4.78 is 62.4. The van der Waals surface area contributed by atoms with Gasteiger partial charge in [-0.25, -0.2) is 8.78 Å². The van der Waals surface area contributed by atoms with Gasteiger partial charge in [0, 0.05) is 11.8 Å². The van der Waals surface area contributed by atoms with Gasteiger partial charge in [-0.15, -0.1) is 0 Å². The molecule has 0 aliphatic rings. The SMILES string of the molecule is O=C(Cc1ccc(NC(=O)c2ccc(F)cc2F)cc1)NCC(F)(F)F. The maximum atomic E-state index is 13.5. The summed E-state index contributed by atoms with van der Waals surface area (Å²) in [5.74, 6) is -3.42. The van der Waals surface area contributed by atoms with Gasteiger partial charge in [-0.05, 0) is 29.8 Å². The van der Waals surface area contributed by atoms with Crippen LogP contribution in [0.2, 0.25) is 0 Å². The van der Waals surface area contributed by atoms with Crippen molar-refractivity contribution >= 4 is 17.5 Å². The van der Waals surface area contributed by atoms with Gasteiger partial charge in [-0.2, -0.15) is 13.2 Å². The second-order valence-electron chi connectivity index (χ2n) is 5.34. The molecule has 0 aliphatic heterocycles. The number of rotatable bonds is 5. The largest absolute Gasteiger partial charge is 0.405 e. The summed E-state index contributed by atoms with van der Waals surface area (Å²) in [7, 11) is 0. The van der Waals surface area contributed by atoms with E-state index in [-0.39, 0.29) is 17.7 Å². The first-order valence-electron chi connectivity index (χ1n) is 7.33. The number of carbonyl (C=O) groups excluding carboxylic acids is 2. The summed E-state index contributed by atoms with van der Waals surface area (Å²) in [6.07, 6.45) is -4.75. The molecule has 2 amide bonds. The van der Waals surface area contributed by atoms with E-state index in [1.54, 1.807) is 5.32 Å². The van der Waals surface area contributed by atoms with Crippen LogP contribution in [0.5, 0.6) is 0 Å². The number of carbonyl (C=O) groups is 2. The average Bonchev–Trinajstić information content (AvgIpc) is 2.54. The normalized spacial score (nSPS) is 11.1. The standard InChI is InChI=1S/C17H13F5N2O2/c18-11-3-6-13(14(19)8-11)16(26)24-12-4-1-10(2-5-12)7-15(25)23-9-17(20,21)22/h1-6,8H,7,9H2,(H,23,25)(H,24,26). The molecular formula is C17H13F5N2O2. The fourth-order valence-electron chi connectivity index (χ4n) is 2.02. The Balaban J connectivity index is 1.94. The zero-order valence-corrected chi connectivity index (χ0v) is 13.2. The average molecular weight is 372 g/mol. The Morgan fingerprint density at radius 3 is 2.19 bits per heavy atom. The van der Waals surface area contributed by atoms with Crippen molar-refractivity contribution in [2.75, 3.05) is 11.9 Å². The molecule has 0 spiro atoms. The third-order valence-electron chi connectivity index (χ3n) is 3.24. The van der Waals surface area contributed by atoms with Gasteiger partial charge in [0.1, 0.15) is 18.2 Å². The predicted molar refractivity (Wildman–Crippen MR) is 83.5 cm³/mol. The van der Waals surface area contributed by atoms with E-state index < -0.39 is 36.2 Å². The molecule has 0 aromatic heterocycles. The summed E-state index contributed by atoms with van der Waals surface area (Å²) in [5.41, 5.74) is 0.357. The smallest absolute Gasteiger partial charge is 0.347 e. The highest BCUT2D eigenvalue weighted by molar-refractivity contribution is 6.04. The molecule has 9 heteroatoms. The van der Waals surface area contributed by atoms with E-state index in [4.69, 9.17) is 0 Å². The number of halogens is 5. The van der Waals surface area contributed by atoms with Crippen LogP contribution >= 0.6 is 0 Å². The van der Waals surface area contributed by atoms with E-state index >= 15 is 0 Å². The molecule has 26 heavy (non-hydrogen) atoms. The maximum Gasteiger partial charge on any atom is 0.405 e. The summed E-state index contributed by atoms with van der Waals surface area (Å²) in [6, 6.07) is 8.21. The van der Waals surface area contributed by atoms with E-state index in [1.165, 1.54) is 24.3 Å². The third kappa shape index (κ3) is 5.83. The molecule has 0 fully saturated rings. The molecule has 2 rings (SSSR count). The first-order valence-corrected chi connectivity index (χ1v) is 7.33. The number of alkyl halides is 3. The van der Waals surface area contributed by atoms with Crippen LogP contribution in [0.4, 0.5) is 27.6 Å². The van der Waals surface area contributed by atoms with Crippen LogP contribution in [-0.2, 0) is 11.2 Å². The van der Waals surface area contributed by atoms with Gasteiger partial charge >= 0.3 is 6.18 Å². The Morgan fingerprint density at radius 2 is 1.62 bits per heavy atom. The molecule has 2 N–H and O–H groups in total. The topological polar surface area (TPSA) is 58.2 Å². The molecule has 0 heterocycles. The van der Waals surface area contributed by atoms with Crippen LogP contribution in [0.15, 0.2) is 42.5 Å². The van der Waals surface area contributed by atoms with Crippen molar-refractivity contribution in [2.24, 2.45) is 0 Å². The van der Waals surface area contributed by atoms with Crippen LogP contribution in [0.3, 0.4) is 0 Å². The Hall–Kier alpha value is -2.97. The quantitative estimate of drug-likeness (QED) is 0.790. The first kappa shape index (κ1) is 19.4. The lowest BCUT2D eigenvalue weighted by atomic mass is 10.1. The molecule has 0 bridgehead atoms. The molecule has 0 saturated heterocycles. The minimum atomic E-state index is -4.49. The van der Waals surface area contributed by atoms with E-state index in [9.17, 15) is 31.5 Å². The summed E-state index contributed by atoms with van der Waals surface area (Å²) in [4.78, 5) is 23.4. The second kappa shape index (κ2) is 7.94. The van der Waals surface area contributed by atoms with Crippen LogP contribution in [0.25, 0.3) is 0 Å². The van der Waals surface area contributed by atoms with Gasteiger partial charge < -0.3 is 10.6 Å². The van der Waals surface area contributed by atoms with E-state index in [2.05, 4.69) is 5.32 Å². The van der Waals surface area contributed by atoms with Gasteiger partial charge in [-0.1, -0.05) is 12.1 Å². The lowest BCUT2D eigenvalue weighted by molar-refractivity contribution is -0.138. The lowest BCUT2D eigenvalue weighted by Crippen LogP contribution is -2.34. The molecule has 0 saturated carbocycles. The minimum Gasteiger partial charge on any atom is -0.347 e. The fourth-order valence-corrected chi connectivity index (χ4v) is 2.02. The molecule has 2 aromatic carbocycles. The molecule has 0 atom stereocenters. The number of hydrogen-bond acceptors (Lipinski definition) is 2. The molecule has 138 valence electrons. The fraction of sp³-hybridized carbons (Fsp3) is 0.176. The highest BCUT2D eigenvalue weighted by Crippen LogP contribution is 2.15. The number of hydrogen-bond donors (Lipinski definition) is 2. The molecular weight excluding hydrogens is 359 g/mol. The highest BCUT2D eigenvalue weighted by atomic mass is 19.4. The number of benzene rings is 2. The van der Waals surface area contributed by atoms with Crippen LogP contribution < -0.4 is 10.6 Å². The zero-order chi connectivity index (χ0) is 19.3. The zero-order valence-electron chi connectivity index (χ0n) is 13.2. The van der Waals surface area contributed by atoms with Crippen molar-refractivity contribution in [3.63, 3.8) is 0 Å². The second-order valence-corrected chi connectivity index (χ2v) is 5.34. The van der Waals surface area contributed by atoms with Crippen LogP contribution in [-0.4, -0.2) is 24.5 Å². The van der Waals surface area contributed by atoms with Crippen LogP contribution in [0, 0.1) is 11.6 Å². The summed E-state index contributed by atoms with van der Waals surface area (Å²) in [6.45, 7) is -1.41. The molecule has 0 radical (unpaired) electrons. The van der Waals surface area contributed by atoms with Crippen molar-refractivity contribution < 1.29 is 31.5 Å². The maximum absolute atomic E-state index is 13.5. The monoisotopic (exact) mass is 372 g/mol. The van der Waals surface area contributed by atoms with Crippen LogP contribution in [0.1, 0.15) is 15.9 Å². The molecule has 4 nitrogen and oxygen atoms in total. The Kier molecular flexibility index (Phi) is 5.91. The van der Waals surface area contributed by atoms with Gasteiger partial charge in [0.15, 0.2) is 0 Å². The molecule has 0 unspecified atom stereocenters. The number of anilines is 1. The summed E-state index contributed by atoms with van der Waals surface area (Å²) >= 11 is 0. The minimum absolute atomic E-state index is 0.267. The third-order valence-corrected chi connectivity index (χ3v) is 3.24. The van der Waals surface area contributed by atoms with E-state index in [1.807, 2.05) is 0 Å². The van der Waals surface area contributed by atoms with E-state index in [0.29, 0.717) is 11.6 Å². The highest BCUT2D eigenvalue weighted by Gasteiger charge is 2.27. The number of amides is 2. The first-order chi connectivity index (χ1) is 12.1. The Labute approximate surface area is 145 Å². The van der Waals surface area contributed by atoms with Crippen molar-refractivity contribution in [1.82, 2.24) is 5.32 Å². The van der Waals surface area contributed by atoms with Crippen molar-refractivity contribution in [3.8, 4) is 0 Å². The van der Waals surface area contributed by atoms with Gasteiger partial charge in [0.25, 0.3) is 5.91 Å². The summed E-state index contributed by atoms with van der Waals surface area (Å²) in [5, 5.41) is 4.14. The van der Waals surface area contributed by atoms with Gasteiger partial charge in [0.05, 0.1) is 12.0 Å². The van der Waals surface area contributed by atoms with E-state index in [0.717, 1.165) is 12.1 Å². The Bertz CT molecular complexity index is 804. The van der Waals surface area contributed by atoms with Crippen molar-refractivity contribution in [3.05, 3.63) is 65.2 Å². The molecule has 2 aromatic rings. The van der Waals surface area contributed by atoms with Crippen molar-refractivity contribution in [1.29, 1.82) is 0 Å². The molecule has 0 aliphatic carbocycles. The predicted octanol–water partition coefficient (Wildman–Crippen LogP) is 3.44. The van der Waals surface area contributed by atoms with Crippen molar-refractivity contribution in [2.45, 2.75) is 12.6 Å². The van der Waals surface area contributed by atoms with Gasteiger partial charge in [0.2, 0.25) is 5.91 Å². The van der Waals surface area contributed by atoms with Gasteiger partial charge in [-0.3, -0.25) is 9.59 Å².